The molecule has 0 spiro atoms. The molecule has 0 aliphatic carbocycles. The molecule has 78 valence electrons. The van der Waals surface area contributed by atoms with Gasteiger partial charge in [-0.1, -0.05) is 12.1 Å². The molecule has 0 bridgehead atoms. The average molecular weight is 214 g/mol. The van der Waals surface area contributed by atoms with Gasteiger partial charge in [-0.05, 0) is 18.2 Å². The number of halogens is 1. The highest BCUT2D eigenvalue weighted by molar-refractivity contribution is 5.34. The van der Waals surface area contributed by atoms with Crippen molar-refractivity contribution in [2.45, 2.75) is 0 Å². The Bertz CT molecular complexity index is 549. The zero-order valence-electron chi connectivity index (χ0n) is 8.22. The summed E-state index contributed by atoms with van der Waals surface area (Å²) in [7, 11) is 0. The average Bonchev–Trinajstić information content (AvgIpc) is 2.32. The fraction of sp³-hybridized carbons (Fsp3) is 0. The Morgan fingerprint density at radius 1 is 1.25 bits per heavy atom. The fourth-order valence-electron chi connectivity index (χ4n) is 1.19. The Hall–Kier alpha value is -2.41. The van der Waals surface area contributed by atoms with Crippen LogP contribution >= 0.6 is 0 Å². The number of hydrogen-bond acceptors (Lipinski definition) is 3. The first-order valence-corrected chi connectivity index (χ1v) is 4.58. The molecule has 3 nitrogen and oxygen atoms in total. The summed E-state index contributed by atoms with van der Waals surface area (Å²) in [5, 5.41) is 8.64. The number of para-hydroxylation sites is 1. The highest BCUT2D eigenvalue weighted by Gasteiger charge is 2.03. The van der Waals surface area contributed by atoms with Crippen LogP contribution in [0.5, 0.6) is 11.5 Å². The normalized spacial score (nSPS) is 9.50. The van der Waals surface area contributed by atoms with E-state index in [1.165, 1.54) is 24.4 Å². The summed E-state index contributed by atoms with van der Waals surface area (Å²) in [5.41, 5.74) is 0.230. The monoisotopic (exact) mass is 214 g/mol. The molecule has 2 aromatic rings. The van der Waals surface area contributed by atoms with Gasteiger partial charge in [0, 0.05) is 12.3 Å². The van der Waals surface area contributed by atoms with E-state index in [1.807, 2.05) is 6.07 Å². The second-order valence-corrected chi connectivity index (χ2v) is 3.02. The van der Waals surface area contributed by atoms with E-state index < -0.39 is 5.82 Å². The second-order valence-electron chi connectivity index (χ2n) is 3.02. The zero-order chi connectivity index (χ0) is 11.4. The maximum atomic E-state index is 13.3. The Labute approximate surface area is 91.7 Å². The zero-order valence-corrected chi connectivity index (χ0v) is 8.22. The molecule has 0 fully saturated rings. The lowest BCUT2D eigenvalue weighted by molar-refractivity contribution is 0.441. The first-order chi connectivity index (χ1) is 7.79. The van der Waals surface area contributed by atoms with Crippen LogP contribution in [0.4, 0.5) is 4.39 Å². The molecule has 0 unspecified atom stereocenters. The largest absolute Gasteiger partial charge is 0.454 e. The minimum Gasteiger partial charge on any atom is -0.454 e. The SMILES string of the molecule is N#Cc1cc(Oc2ccccc2F)ccn1. The summed E-state index contributed by atoms with van der Waals surface area (Å²) in [6.07, 6.45) is 1.44. The topological polar surface area (TPSA) is 45.9 Å². The third-order valence-corrected chi connectivity index (χ3v) is 1.91. The highest BCUT2D eigenvalue weighted by atomic mass is 19.1. The Balaban J connectivity index is 2.28. The van der Waals surface area contributed by atoms with Crippen molar-refractivity contribution in [2.75, 3.05) is 0 Å². The molecule has 0 amide bonds. The molecule has 16 heavy (non-hydrogen) atoms. The van der Waals surface area contributed by atoms with Crippen molar-refractivity contribution < 1.29 is 9.13 Å². The first-order valence-electron chi connectivity index (χ1n) is 4.58. The smallest absolute Gasteiger partial charge is 0.165 e. The van der Waals surface area contributed by atoms with E-state index >= 15 is 0 Å². The van der Waals surface area contributed by atoms with Crippen molar-refractivity contribution in [3.8, 4) is 17.6 Å². The molecule has 0 atom stereocenters. The van der Waals surface area contributed by atoms with Gasteiger partial charge in [-0.2, -0.15) is 5.26 Å². The van der Waals surface area contributed by atoms with Crippen molar-refractivity contribution in [2.24, 2.45) is 0 Å². The number of hydrogen-bond donors (Lipinski definition) is 0. The second kappa shape index (κ2) is 4.41. The summed E-state index contributed by atoms with van der Waals surface area (Å²) in [4.78, 5) is 3.79. The number of rotatable bonds is 2. The van der Waals surface area contributed by atoms with Crippen LogP contribution in [0.3, 0.4) is 0 Å². The van der Waals surface area contributed by atoms with Crippen LogP contribution in [0.25, 0.3) is 0 Å². The molecule has 1 heterocycles. The van der Waals surface area contributed by atoms with Crippen LogP contribution in [0.15, 0.2) is 42.6 Å². The molecule has 0 aliphatic rings. The van der Waals surface area contributed by atoms with E-state index in [4.69, 9.17) is 10.00 Å². The van der Waals surface area contributed by atoms with Crippen LogP contribution in [0.1, 0.15) is 5.69 Å². The number of ether oxygens (including phenoxy) is 1. The van der Waals surface area contributed by atoms with Crippen LogP contribution in [0, 0.1) is 17.1 Å². The fourth-order valence-corrected chi connectivity index (χ4v) is 1.19. The molecule has 2 rings (SSSR count). The van der Waals surface area contributed by atoms with Crippen molar-refractivity contribution in [1.29, 1.82) is 5.26 Å². The lowest BCUT2D eigenvalue weighted by Crippen LogP contribution is -1.89. The quantitative estimate of drug-likeness (QED) is 0.772. The van der Waals surface area contributed by atoms with Gasteiger partial charge < -0.3 is 4.74 Å². The molecular weight excluding hydrogens is 207 g/mol. The van der Waals surface area contributed by atoms with E-state index in [0.29, 0.717) is 5.75 Å². The summed E-state index contributed by atoms with van der Waals surface area (Å²) >= 11 is 0. The molecule has 0 radical (unpaired) electrons. The van der Waals surface area contributed by atoms with Crippen molar-refractivity contribution in [3.05, 3.63) is 54.1 Å². The van der Waals surface area contributed by atoms with E-state index in [0.717, 1.165) is 0 Å². The molecule has 4 heteroatoms. The molecule has 0 aliphatic heterocycles. The van der Waals surface area contributed by atoms with Gasteiger partial charge in [-0.25, -0.2) is 9.37 Å². The summed E-state index contributed by atoms with van der Waals surface area (Å²) in [6.45, 7) is 0. The van der Waals surface area contributed by atoms with Crippen molar-refractivity contribution >= 4 is 0 Å². The van der Waals surface area contributed by atoms with Crippen LogP contribution in [-0.4, -0.2) is 4.98 Å². The molecular formula is C12H7FN2O. The van der Waals surface area contributed by atoms with Gasteiger partial charge in [0.1, 0.15) is 17.5 Å². The molecule has 0 N–H and O–H groups in total. The summed E-state index contributed by atoms with van der Waals surface area (Å²) in [5.74, 6) is 0.0621. The lowest BCUT2D eigenvalue weighted by Gasteiger charge is -2.05. The molecule has 0 saturated heterocycles. The number of pyridine rings is 1. The highest BCUT2D eigenvalue weighted by Crippen LogP contribution is 2.23. The van der Waals surface area contributed by atoms with Gasteiger partial charge in [0.05, 0.1) is 0 Å². The minimum absolute atomic E-state index is 0.123. The van der Waals surface area contributed by atoms with E-state index in [2.05, 4.69) is 4.98 Å². The predicted molar refractivity (Wildman–Crippen MR) is 55.4 cm³/mol. The number of nitrogens with zero attached hydrogens (tertiary/aromatic N) is 2. The summed E-state index contributed by atoms with van der Waals surface area (Å²) in [6, 6.07) is 11.0. The third-order valence-electron chi connectivity index (χ3n) is 1.91. The van der Waals surface area contributed by atoms with Gasteiger partial charge in [0.15, 0.2) is 11.6 Å². The van der Waals surface area contributed by atoms with Crippen LogP contribution in [0.2, 0.25) is 0 Å². The van der Waals surface area contributed by atoms with Crippen molar-refractivity contribution in [1.82, 2.24) is 4.98 Å². The predicted octanol–water partition coefficient (Wildman–Crippen LogP) is 2.88. The molecule has 0 saturated carbocycles. The molecule has 1 aromatic heterocycles. The maximum Gasteiger partial charge on any atom is 0.165 e. The summed E-state index contributed by atoms with van der Waals surface area (Å²) < 4.78 is 18.5. The Morgan fingerprint density at radius 3 is 2.81 bits per heavy atom. The minimum atomic E-state index is -0.446. The van der Waals surface area contributed by atoms with Gasteiger partial charge in [-0.3, -0.25) is 0 Å². The number of aromatic nitrogens is 1. The number of benzene rings is 1. The van der Waals surface area contributed by atoms with Crippen LogP contribution in [-0.2, 0) is 0 Å². The van der Waals surface area contributed by atoms with E-state index in [9.17, 15) is 4.39 Å². The van der Waals surface area contributed by atoms with Gasteiger partial charge in [-0.15, -0.1) is 0 Å². The Kier molecular flexibility index (Phi) is 2.79. The standard InChI is InChI=1S/C12H7FN2O/c13-11-3-1-2-4-12(11)16-10-5-6-15-9(7-10)8-14/h1-7H. The Morgan fingerprint density at radius 2 is 2.06 bits per heavy atom. The first kappa shape index (κ1) is 10.1. The van der Waals surface area contributed by atoms with Gasteiger partial charge in [0.25, 0.3) is 0 Å². The molecule has 1 aromatic carbocycles. The lowest BCUT2D eigenvalue weighted by atomic mass is 10.3. The van der Waals surface area contributed by atoms with E-state index in [1.54, 1.807) is 18.2 Å². The number of nitriles is 1. The van der Waals surface area contributed by atoms with Gasteiger partial charge >= 0.3 is 0 Å². The van der Waals surface area contributed by atoms with Crippen LogP contribution < -0.4 is 4.74 Å². The van der Waals surface area contributed by atoms with Crippen molar-refractivity contribution in [3.63, 3.8) is 0 Å². The maximum absolute atomic E-state index is 13.3. The van der Waals surface area contributed by atoms with E-state index in [-0.39, 0.29) is 11.4 Å². The van der Waals surface area contributed by atoms with Gasteiger partial charge in [0.2, 0.25) is 0 Å². The third kappa shape index (κ3) is 2.15.